The average molecular weight is 573 g/mol. The summed E-state index contributed by atoms with van der Waals surface area (Å²) in [5.74, 6) is -1.97. The molecule has 0 unspecified atom stereocenters. The van der Waals surface area contributed by atoms with Gasteiger partial charge in [0, 0.05) is 23.5 Å². The molecule has 10 heteroatoms. The molecule has 1 aromatic carbocycles. The van der Waals surface area contributed by atoms with Crippen LogP contribution in [0.4, 0.5) is 5.69 Å². The SMILES string of the molecule is CCCCNCCCCOC(=O)C1=C(C)NC(C)=C(C(=O)OCCCCNCCCC)C1c1cccc([N+](=O)[O-])c1. The molecule has 1 aliphatic heterocycles. The number of rotatable bonds is 20. The van der Waals surface area contributed by atoms with Gasteiger partial charge >= 0.3 is 11.9 Å². The van der Waals surface area contributed by atoms with Crippen molar-refractivity contribution in [2.75, 3.05) is 39.4 Å². The van der Waals surface area contributed by atoms with Crippen molar-refractivity contribution in [1.29, 1.82) is 0 Å². The van der Waals surface area contributed by atoms with Gasteiger partial charge in [-0.25, -0.2) is 9.59 Å². The third-order valence-electron chi connectivity index (χ3n) is 6.99. The molecule has 0 atom stereocenters. The maximum atomic E-state index is 13.4. The fraction of sp³-hybridized carbons (Fsp3) is 0.613. The number of carbonyl (C=O) groups is 2. The van der Waals surface area contributed by atoms with Crippen LogP contribution in [-0.4, -0.2) is 56.3 Å². The lowest BCUT2D eigenvalue weighted by molar-refractivity contribution is -0.384. The predicted molar refractivity (Wildman–Crippen MR) is 160 cm³/mol. The highest BCUT2D eigenvalue weighted by Crippen LogP contribution is 2.40. The largest absolute Gasteiger partial charge is 0.462 e. The molecule has 1 heterocycles. The first-order valence-corrected chi connectivity index (χ1v) is 15.0. The van der Waals surface area contributed by atoms with Gasteiger partial charge in [0.1, 0.15) is 0 Å². The van der Waals surface area contributed by atoms with Crippen LogP contribution in [0, 0.1) is 10.1 Å². The summed E-state index contributed by atoms with van der Waals surface area (Å²) in [5.41, 5.74) is 1.93. The smallest absolute Gasteiger partial charge is 0.336 e. The van der Waals surface area contributed by atoms with Gasteiger partial charge in [0.05, 0.1) is 35.2 Å². The van der Waals surface area contributed by atoms with E-state index in [0.717, 1.165) is 64.7 Å². The van der Waals surface area contributed by atoms with E-state index in [0.29, 0.717) is 29.8 Å². The molecule has 10 nitrogen and oxygen atoms in total. The Labute approximate surface area is 244 Å². The van der Waals surface area contributed by atoms with Crippen molar-refractivity contribution < 1.29 is 24.0 Å². The first-order valence-electron chi connectivity index (χ1n) is 15.0. The Morgan fingerprint density at radius 3 is 1.78 bits per heavy atom. The quantitative estimate of drug-likeness (QED) is 0.0829. The Morgan fingerprint density at radius 2 is 1.32 bits per heavy atom. The highest BCUT2D eigenvalue weighted by Gasteiger charge is 2.38. The second kappa shape index (κ2) is 19.0. The number of ether oxygens (including phenoxy) is 2. The monoisotopic (exact) mass is 572 g/mol. The minimum absolute atomic E-state index is 0.122. The zero-order chi connectivity index (χ0) is 30.0. The second-order valence-corrected chi connectivity index (χ2v) is 10.4. The fourth-order valence-corrected chi connectivity index (χ4v) is 4.73. The van der Waals surface area contributed by atoms with E-state index in [1.165, 1.54) is 12.1 Å². The summed E-state index contributed by atoms with van der Waals surface area (Å²) in [5, 5.41) is 21.4. The van der Waals surface area contributed by atoms with E-state index in [4.69, 9.17) is 9.47 Å². The van der Waals surface area contributed by atoms with Crippen molar-refractivity contribution in [3.05, 3.63) is 62.5 Å². The molecule has 0 saturated heterocycles. The van der Waals surface area contributed by atoms with Crippen LogP contribution in [0.15, 0.2) is 46.8 Å². The lowest BCUT2D eigenvalue weighted by Gasteiger charge is -2.30. The van der Waals surface area contributed by atoms with Crippen molar-refractivity contribution in [1.82, 2.24) is 16.0 Å². The van der Waals surface area contributed by atoms with Crippen LogP contribution in [0.1, 0.15) is 90.5 Å². The van der Waals surface area contributed by atoms with Crippen LogP contribution in [0.5, 0.6) is 0 Å². The third kappa shape index (κ3) is 11.3. The lowest BCUT2D eigenvalue weighted by atomic mass is 9.80. The van der Waals surface area contributed by atoms with Gasteiger partial charge in [0.25, 0.3) is 5.69 Å². The summed E-state index contributed by atoms with van der Waals surface area (Å²) in [7, 11) is 0. The number of benzene rings is 1. The molecule has 1 aromatic rings. The molecule has 0 amide bonds. The van der Waals surface area contributed by atoms with Crippen molar-refractivity contribution >= 4 is 17.6 Å². The van der Waals surface area contributed by atoms with Crippen molar-refractivity contribution in [2.24, 2.45) is 0 Å². The Hall–Kier alpha value is -3.24. The van der Waals surface area contributed by atoms with E-state index in [-0.39, 0.29) is 30.0 Å². The molecule has 0 bridgehead atoms. The molecule has 0 aliphatic carbocycles. The van der Waals surface area contributed by atoms with Crippen LogP contribution in [0.3, 0.4) is 0 Å². The van der Waals surface area contributed by atoms with Crippen LogP contribution in [0.25, 0.3) is 0 Å². The van der Waals surface area contributed by atoms with Gasteiger partial charge in [-0.05, 0) is 84.1 Å². The summed E-state index contributed by atoms with van der Waals surface area (Å²) in [6, 6.07) is 6.04. The molecular weight excluding hydrogens is 524 g/mol. The average Bonchev–Trinajstić information content (AvgIpc) is 2.95. The summed E-state index contributed by atoms with van der Waals surface area (Å²) in [4.78, 5) is 37.9. The summed E-state index contributed by atoms with van der Waals surface area (Å²) < 4.78 is 11.3. The molecule has 1 aliphatic rings. The number of nitro benzene ring substituents is 1. The van der Waals surface area contributed by atoms with Gasteiger partial charge in [0.2, 0.25) is 0 Å². The van der Waals surface area contributed by atoms with E-state index in [1.54, 1.807) is 26.0 Å². The number of dihydropyridines is 1. The highest BCUT2D eigenvalue weighted by molar-refractivity contribution is 6.00. The molecule has 3 N–H and O–H groups in total. The molecule has 0 radical (unpaired) electrons. The first kappa shape index (κ1) is 34.0. The Balaban J connectivity index is 2.16. The van der Waals surface area contributed by atoms with Crippen LogP contribution in [0.2, 0.25) is 0 Å². The molecular formula is C31H48N4O6. The zero-order valence-electron chi connectivity index (χ0n) is 25.2. The van der Waals surface area contributed by atoms with Crippen molar-refractivity contribution in [2.45, 2.75) is 85.0 Å². The highest BCUT2D eigenvalue weighted by atomic mass is 16.6. The number of allylic oxidation sites excluding steroid dienone is 2. The summed E-state index contributed by atoms with van der Waals surface area (Å²) >= 11 is 0. The number of nitrogens with one attached hydrogen (secondary N) is 3. The topological polar surface area (TPSA) is 132 Å². The van der Waals surface area contributed by atoms with Gasteiger partial charge in [-0.3, -0.25) is 10.1 Å². The van der Waals surface area contributed by atoms with E-state index in [9.17, 15) is 19.7 Å². The molecule has 228 valence electrons. The Bertz CT molecular complexity index is 1010. The molecule has 0 spiro atoms. The normalized spacial score (nSPS) is 13.8. The minimum Gasteiger partial charge on any atom is -0.462 e. The standard InChI is InChI=1S/C31H48N4O6/c1-5-7-16-32-18-9-11-20-40-30(36)27-23(3)34-24(4)28(29(27)25-14-13-15-26(22-25)35(38)39)31(37)41-21-12-10-19-33-17-8-6-2/h13-15,22,29,32-34H,5-12,16-21H2,1-4H3. The number of nitrogens with zero attached hydrogens (tertiary/aromatic N) is 1. The zero-order valence-corrected chi connectivity index (χ0v) is 25.2. The third-order valence-corrected chi connectivity index (χ3v) is 6.99. The predicted octanol–water partition coefficient (Wildman–Crippen LogP) is 5.26. The molecule has 41 heavy (non-hydrogen) atoms. The summed E-state index contributed by atoms with van der Waals surface area (Å²) in [6.45, 7) is 11.9. The molecule has 0 fully saturated rings. The lowest BCUT2D eigenvalue weighted by Crippen LogP contribution is -2.32. The molecule has 2 rings (SSSR count). The Morgan fingerprint density at radius 1 is 0.829 bits per heavy atom. The fourth-order valence-electron chi connectivity index (χ4n) is 4.73. The van der Waals surface area contributed by atoms with E-state index >= 15 is 0 Å². The number of nitro groups is 1. The Kier molecular flexibility index (Phi) is 15.7. The van der Waals surface area contributed by atoms with Gasteiger partial charge < -0.3 is 25.4 Å². The second-order valence-electron chi connectivity index (χ2n) is 10.4. The van der Waals surface area contributed by atoms with Crippen LogP contribution in [-0.2, 0) is 19.1 Å². The van der Waals surface area contributed by atoms with E-state index < -0.39 is 22.8 Å². The first-order chi connectivity index (χ1) is 19.8. The number of hydrogen-bond acceptors (Lipinski definition) is 9. The van der Waals surface area contributed by atoms with Crippen LogP contribution >= 0.6 is 0 Å². The maximum absolute atomic E-state index is 13.4. The number of non-ortho nitro benzene ring substituents is 1. The van der Waals surface area contributed by atoms with Crippen molar-refractivity contribution in [3.63, 3.8) is 0 Å². The number of hydrogen-bond donors (Lipinski definition) is 3. The van der Waals surface area contributed by atoms with Crippen molar-refractivity contribution in [3.8, 4) is 0 Å². The minimum atomic E-state index is -0.859. The number of esters is 2. The molecule has 0 aromatic heterocycles. The number of unbranched alkanes of at least 4 members (excludes halogenated alkanes) is 4. The van der Waals surface area contributed by atoms with Gasteiger partial charge in [0.15, 0.2) is 0 Å². The maximum Gasteiger partial charge on any atom is 0.336 e. The number of carbonyl (C=O) groups excluding carboxylic acids is 2. The van der Waals surface area contributed by atoms with Gasteiger partial charge in [-0.15, -0.1) is 0 Å². The van der Waals surface area contributed by atoms with E-state index in [2.05, 4.69) is 29.8 Å². The molecule has 0 saturated carbocycles. The van der Waals surface area contributed by atoms with Gasteiger partial charge in [-0.1, -0.05) is 38.8 Å². The van der Waals surface area contributed by atoms with E-state index in [1.807, 2.05) is 0 Å². The summed E-state index contributed by atoms with van der Waals surface area (Å²) in [6.07, 6.45) is 7.66. The van der Waals surface area contributed by atoms with Gasteiger partial charge in [-0.2, -0.15) is 0 Å². The van der Waals surface area contributed by atoms with Crippen LogP contribution < -0.4 is 16.0 Å².